The first-order chi connectivity index (χ1) is 7.56. The van der Waals surface area contributed by atoms with Crippen molar-refractivity contribution < 1.29 is 19.8 Å². The second kappa shape index (κ2) is 11.9. The van der Waals surface area contributed by atoms with Gasteiger partial charge in [-0.1, -0.05) is 11.6 Å². The van der Waals surface area contributed by atoms with Crippen LogP contribution in [-0.2, 0) is 9.59 Å². The third-order valence-corrected chi connectivity index (χ3v) is 1.72. The molecule has 0 rings (SSSR count). The van der Waals surface area contributed by atoms with Crippen molar-refractivity contribution in [1.29, 1.82) is 0 Å². The summed E-state index contributed by atoms with van der Waals surface area (Å²) in [6, 6.07) is -0.360. The molecule has 0 saturated heterocycles. The summed E-state index contributed by atoms with van der Waals surface area (Å²) < 4.78 is 0. The van der Waals surface area contributed by atoms with E-state index in [1.54, 1.807) is 0 Å². The van der Waals surface area contributed by atoms with Gasteiger partial charge in [-0.2, -0.15) is 0 Å². The van der Waals surface area contributed by atoms with Crippen LogP contribution >= 0.6 is 0 Å². The SMILES string of the molecule is CC(C)=CCNC(C=O)CCC(=O)O.CO. The number of carboxylic acid groups (broad SMARTS) is 1. The minimum Gasteiger partial charge on any atom is -0.481 e. The summed E-state index contributed by atoms with van der Waals surface area (Å²) in [6.45, 7) is 4.54. The Morgan fingerprint density at radius 3 is 2.31 bits per heavy atom. The summed E-state index contributed by atoms with van der Waals surface area (Å²) >= 11 is 0. The molecular weight excluding hydrogens is 210 g/mol. The van der Waals surface area contributed by atoms with E-state index < -0.39 is 5.97 Å². The average molecular weight is 231 g/mol. The Morgan fingerprint density at radius 1 is 1.38 bits per heavy atom. The lowest BCUT2D eigenvalue weighted by Crippen LogP contribution is -2.31. The van der Waals surface area contributed by atoms with Gasteiger partial charge in [-0.25, -0.2) is 0 Å². The number of carbonyl (C=O) groups excluding carboxylic acids is 1. The molecule has 0 fully saturated rings. The fourth-order valence-corrected chi connectivity index (χ4v) is 0.912. The van der Waals surface area contributed by atoms with Gasteiger partial charge in [0.15, 0.2) is 0 Å². The maximum Gasteiger partial charge on any atom is 0.303 e. The van der Waals surface area contributed by atoms with Crippen molar-refractivity contribution in [2.75, 3.05) is 13.7 Å². The fourth-order valence-electron chi connectivity index (χ4n) is 0.912. The van der Waals surface area contributed by atoms with Crippen LogP contribution in [0.3, 0.4) is 0 Å². The van der Waals surface area contributed by atoms with E-state index in [-0.39, 0.29) is 12.5 Å². The number of aliphatic hydroxyl groups excluding tert-OH is 1. The van der Waals surface area contributed by atoms with Gasteiger partial charge in [0.1, 0.15) is 6.29 Å². The van der Waals surface area contributed by atoms with Gasteiger partial charge < -0.3 is 20.3 Å². The maximum atomic E-state index is 10.5. The van der Waals surface area contributed by atoms with Crippen LogP contribution in [0.2, 0.25) is 0 Å². The molecule has 5 nitrogen and oxygen atoms in total. The van der Waals surface area contributed by atoms with Crippen molar-refractivity contribution >= 4 is 12.3 Å². The molecule has 1 unspecified atom stereocenters. The first-order valence-corrected chi connectivity index (χ1v) is 5.04. The lowest BCUT2D eigenvalue weighted by Gasteiger charge is -2.09. The van der Waals surface area contributed by atoms with Crippen molar-refractivity contribution in [3.63, 3.8) is 0 Å². The van der Waals surface area contributed by atoms with E-state index in [4.69, 9.17) is 10.2 Å². The molecule has 0 radical (unpaired) electrons. The van der Waals surface area contributed by atoms with Gasteiger partial charge in [-0.15, -0.1) is 0 Å². The molecule has 3 N–H and O–H groups in total. The van der Waals surface area contributed by atoms with E-state index >= 15 is 0 Å². The second-order valence-corrected chi connectivity index (χ2v) is 3.36. The highest BCUT2D eigenvalue weighted by atomic mass is 16.4. The topological polar surface area (TPSA) is 86.6 Å². The summed E-state index contributed by atoms with van der Waals surface area (Å²) in [5.74, 6) is -0.874. The standard InChI is InChI=1S/C10H17NO3.CH4O/c1-8(2)5-6-11-9(7-12)3-4-10(13)14;1-2/h5,7,9,11H,3-4,6H2,1-2H3,(H,13,14);2H,1H3. The third kappa shape index (κ3) is 12.8. The summed E-state index contributed by atoms with van der Waals surface area (Å²) in [5.41, 5.74) is 1.17. The van der Waals surface area contributed by atoms with Crippen LogP contribution in [0.25, 0.3) is 0 Å². The molecule has 0 aliphatic heterocycles. The Kier molecular flexibility index (Phi) is 12.8. The molecule has 0 aromatic rings. The largest absolute Gasteiger partial charge is 0.481 e. The molecule has 1 atom stereocenters. The highest BCUT2D eigenvalue weighted by molar-refractivity contribution is 5.68. The van der Waals surface area contributed by atoms with Crippen LogP contribution in [0.5, 0.6) is 0 Å². The Hall–Kier alpha value is -1.20. The second-order valence-electron chi connectivity index (χ2n) is 3.36. The number of carbonyl (C=O) groups is 2. The molecule has 0 saturated carbocycles. The van der Waals surface area contributed by atoms with Crippen LogP contribution < -0.4 is 5.32 Å². The van der Waals surface area contributed by atoms with E-state index in [0.717, 1.165) is 13.4 Å². The molecule has 0 spiro atoms. The van der Waals surface area contributed by atoms with Gasteiger partial charge in [0.25, 0.3) is 0 Å². The molecular formula is C11H21NO4. The Morgan fingerprint density at radius 2 is 1.94 bits per heavy atom. The van der Waals surface area contributed by atoms with Crippen LogP contribution in [-0.4, -0.2) is 42.2 Å². The number of aliphatic hydroxyl groups is 1. The molecule has 0 aliphatic carbocycles. The molecule has 0 aromatic carbocycles. The molecule has 0 aromatic heterocycles. The lowest BCUT2D eigenvalue weighted by atomic mass is 10.2. The van der Waals surface area contributed by atoms with E-state index in [2.05, 4.69) is 5.32 Å². The van der Waals surface area contributed by atoms with E-state index in [9.17, 15) is 9.59 Å². The van der Waals surface area contributed by atoms with E-state index in [1.807, 2.05) is 19.9 Å². The quantitative estimate of drug-likeness (QED) is 0.441. The zero-order valence-corrected chi connectivity index (χ0v) is 10.1. The summed E-state index contributed by atoms with van der Waals surface area (Å²) in [6.07, 6.45) is 3.07. The van der Waals surface area contributed by atoms with Crippen LogP contribution in [0.4, 0.5) is 0 Å². The normalized spacial score (nSPS) is 10.8. The van der Waals surface area contributed by atoms with E-state index in [1.165, 1.54) is 5.57 Å². The van der Waals surface area contributed by atoms with Gasteiger partial charge in [0.05, 0.1) is 6.04 Å². The molecule has 0 heterocycles. The number of carboxylic acids is 1. The lowest BCUT2D eigenvalue weighted by molar-refractivity contribution is -0.137. The molecule has 16 heavy (non-hydrogen) atoms. The monoisotopic (exact) mass is 231 g/mol. The maximum absolute atomic E-state index is 10.5. The summed E-state index contributed by atoms with van der Waals surface area (Å²) in [7, 11) is 1.00. The first kappa shape index (κ1) is 17.2. The minimum atomic E-state index is -0.874. The average Bonchev–Trinajstić information content (AvgIpc) is 2.25. The summed E-state index contributed by atoms with van der Waals surface area (Å²) in [5, 5.41) is 18.4. The first-order valence-electron chi connectivity index (χ1n) is 5.04. The Bertz CT molecular complexity index is 222. The number of aliphatic carboxylic acids is 1. The molecule has 0 amide bonds. The molecule has 5 heteroatoms. The molecule has 0 aliphatic rings. The van der Waals surface area contributed by atoms with Gasteiger partial charge in [0.2, 0.25) is 0 Å². The van der Waals surface area contributed by atoms with Gasteiger partial charge in [-0.3, -0.25) is 4.79 Å². The van der Waals surface area contributed by atoms with Gasteiger partial charge in [0, 0.05) is 20.1 Å². The smallest absolute Gasteiger partial charge is 0.303 e. The van der Waals surface area contributed by atoms with Crippen LogP contribution in [0.15, 0.2) is 11.6 Å². The van der Waals surface area contributed by atoms with Crippen molar-refractivity contribution in [2.24, 2.45) is 0 Å². The zero-order valence-electron chi connectivity index (χ0n) is 10.1. The van der Waals surface area contributed by atoms with E-state index in [0.29, 0.717) is 13.0 Å². The number of allylic oxidation sites excluding steroid dienone is 1. The number of hydrogen-bond acceptors (Lipinski definition) is 4. The van der Waals surface area contributed by atoms with Crippen molar-refractivity contribution in [3.8, 4) is 0 Å². The van der Waals surface area contributed by atoms with Crippen LogP contribution in [0.1, 0.15) is 26.7 Å². The predicted octanol–water partition coefficient (Wildman–Crippen LogP) is 0.583. The Labute approximate surface area is 96.2 Å². The number of hydrogen-bond donors (Lipinski definition) is 3. The highest BCUT2D eigenvalue weighted by Crippen LogP contribution is 1.95. The van der Waals surface area contributed by atoms with Crippen molar-refractivity contribution in [1.82, 2.24) is 5.32 Å². The minimum absolute atomic E-state index is 0.0191. The van der Waals surface area contributed by atoms with Crippen LogP contribution in [0, 0.1) is 0 Å². The summed E-state index contributed by atoms with van der Waals surface area (Å²) in [4.78, 5) is 20.8. The number of rotatable bonds is 7. The predicted molar refractivity (Wildman–Crippen MR) is 62.3 cm³/mol. The van der Waals surface area contributed by atoms with Crippen molar-refractivity contribution in [2.45, 2.75) is 32.7 Å². The zero-order chi connectivity index (χ0) is 13.0. The fraction of sp³-hybridized carbons (Fsp3) is 0.636. The molecule has 94 valence electrons. The highest BCUT2D eigenvalue weighted by Gasteiger charge is 2.07. The van der Waals surface area contributed by atoms with Gasteiger partial charge >= 0.3 is 5.97 Å². The number of nitrogens with one attached hydrogen (secondary N) is 1. The Balaban J connectivity index is 0. The third-order valence-electron chi connectivity index (χ3n) is 1.72. The molecule has 0 bridgehead atoms. The van der Waals surface area contributed by atoms with Crippen molar-refractivity contribution in [3.05, 3.63) is 11.6 Å². The van der Waals surface area contributed by atoms with Gasteiger partial charge in [-0.05, 0) is 20.3 Å². The number of aldehydes is 1.